The van der Waals surface area contributed by atoms with Crippen molar-refractivity contribution in [2.24, 2.45) is 18.9 Å². The summed E-state index contributed by atoms with van der Waals surface area (Å²) >= 11 is 0. The second-order valence-electron chi connectivity index (χ2n) is 6.07. The zero-order valence-electron chi connectivity index (χ0n) is 13.9. The van der Waals surface area contributed by atoms with E-state index < -0.39 is 12.0 Å². The first-order valence-electron chi connectivity index (χ1n) is 7.51. The van der Waals surface area contributed by atoms with E-state index in [4.69, 9.17) is 4.74 Å². The number of nitrogens with zero attached hydrogens (tertiary/aromatic N) is 2. The van der Waals surface area contributed by atoms with Crippen molar-refractivity contribution in [2.45, 2.75) is 25.8 Å². The van der Waals surface area contributed by atoms with E-state index in [1.165, 1.54) is 7.11 Å². The van der Waals surface area contributed by atoms with Crippen LogP contribution < -0.4 is 10.6 Å². The van der Waals surface area contributed by atoms with Gasteiger partial charge in [-0.15, -0.1) is 12.4 Å². The molecular weight excluding hydrogens is 320 g/mol. The number of rotatable bonds is 5. The lowest BCUT2D eigenvalue weighted by molar-refractivity contribution is -0.146. The van der Waals surface area contributed by atoms with Gasteiger partial charge < -0.3 is 15.4 Å². The molecule has 2 heterocycles. The van der Waals surface area contributed by atoms with Gasteiger partial charge >= 0.3 is 5.97 Å². The van der Waals surface area contributed by atoms with Gasteiger partial charge in [0.15, 0.2) is 0 Å². The van der Waals surface area contributed by atoms with E-state index in [9.17, 15) is 9.59 Å². The normalized spacial score (nSPS) is 21.6. The molecule has 8 heteroatoms. The summed E-state index contributed by atoms with van der Waals surface area (Å²) in [5.41, 5.74) is 1.03. The highest BCUT2D eigenvalue weighted by Crippen LogP contribution is 2.28. The summed E-state index contributed by atoms with van der Waals surface area (Å²) < 4.78 is 6.50. The van der Waals surface area contributed by atoms with Crippen molar-refractivity contribution < 1.29 is 14.3 Å². The molecule has 2 N–H and O–H groups in total. The van der Waals surface area contributed by atoms with Crippen molar-refractivity contribution in [3.8, 4) is 0 Å². The molecule has 1 aromatic heterocycles. The highest BCUT2D eigenvalue weighted by Gasteiger charge is 2.37. The van der Waals surface area contributed by atoms with E-state index in [2.05, 4.69) is 15.7 Å². The second kappa shape index (κ2) is 8.31. The fourth-order valence-electron chi connectivity index (χ4n) is 2.82. The standard InChI is InChI=1S/C15H24N4O3.ClH/c1-9(2)13(15(21)22-4)18-14(20)12-7-16-6-11(12)10-5-17-19(3)8-10;/h5,8-9,11-13,16H,6-7H2,1-4H3,(H,18,20);1H/t11-,12+,13?;/m1./s1. The summed E-state index contributed by atoms with van der Waals surface area (Å²) in [5, 5.41) is 10.2. The van der Waals surface area contributed by atoms with Crippen LogP contribution in [0.3, 0.4) is 0 Å². The molecule has 0 aliphatic carbocycles. The van der Waals surface area contributed by atoms with Crippen LogP contribution in [0.2, 0.25) is 0 Å². The molecule has 0 bridgehead atoms. The monoisotopic (exact) mass is 344 g/mol. The molecule has 0 saturated carbocycles. The van der Waals surface area contributed by atoms with Crippen LogP contribution in [-0.4, -0.2) is 47.9 Å². The highest BCUT2D eigenvalue weighted by atomic mass is 35.5. The number of aryl methyl sites for hydroxylation is 1. The molecule has 1 saturated heterocycles. The van der Waals surface area contributed by atoms with Crippen molar-refractivity contribution in [3.05, 3.63) is 18.0 Å². The minimum Gasteiger partial charge on any atom is -0.467 e. The lowest BCUT2D eigenvalue weighted by Crippen LogP contribution is -2.48. The lowest BCUT2D eigenvalue weighted by atomic mass is 9.89. The molecule has 7 nitrogen and oxygen atoms in total. The molecule has 1 fully saturated rings. The molecule has 1 aliphatic heterocycles. The fourth-order valence-corrected chi connectivity index (χ4v) is 2.82. The Morgan fingerprint density at radius 1 is 1.43 bits per heavy atom. The van der Waals surface area contributed by atoms with Crippen LogP contribution in [0.25, 0.3) is 0 Å². The third-order valence-electron chi connectivity index (χ3n) is 4.12. The minimum atomic E-state index is -0.618. The zero-order chi connectivity index (χ0) is 16.3. The van der Waals surface area contributed by atoms with E-state index in [0.29, 0.717) is 6.54 Å². The van der Waals surface area contributed by atoms with Crippen LogP contribution in [-0.2, 0) is 21.4 Å². The van der Waals surface area contributed by atoms with E-state index >= 15 is 0 Å². The Labute approximate surface area is 142 Å². The van der Waals surface area contributed by atoms with Crippen molar-refractivity contribution in [2.75, 3.05) is 20.2 Å². The number of aromatic nitrogens is 2. The number of methoxy groups -OCH3 is 1. The smallest absolute Gasteiger partial charge is 0.328 e. The minimum absolute atomic E-state index is 0. The number of hydrogen-bond acceptors (Lipinski definition) is 5. The molecule has 3 atom stereocenters. The molecular formula is C15H25ClN4O3. The Balaban J connectivity index is 0.00000264. The van der Waals surface area contributed by atoms with Crippen molar-refractivity contribution in [1.29, 1.82) is 0 Å². The van der Waals surface area contributed by atoms with Gasteiger partial charge in [-0.05, 0) is 11.5 Å². The first-order valence-corrected chi connectivity index (χ1v) is 7.51. The van der Waals surface area contributed by atoms with Crippen LogP contribution in [0.15, 0.2) is 12.4 Å². The predicted octanol–water partition coefficient (Wildman–Crippen LogP) is 0.459. The summed E-state index contributed by atoms with van der Waals surface area (Å²) in [4.78, 5) is 24.4. The zero-order valence-corrected chi connectivity index (χ0v) is 14.7. The number of halogens is 1. The second-order valence-corrected chi connectivity index (χ2v) is 6.07. The maximum absolute atomic E-state index is 12.6. The summed E-state index contributed by atoms with van der Waals surface area (Å²) in [6.45, 7) is 5.09. The number of carbonyl (C=O) groups is 2. The van der Waals surface area contributed by atoms with Gasteiger partial charge in [-0.2, -0.15) is 5.10 Å². The van der Waals surface area contributed by atoms with E-state index in [1.54, 1.807) is 10.9 Å². The largest absolute Gasteiger partial charge is 0.467 e. The first kappa shape index (κ1) is 19.4. The van der Waals surface area contributed by atoms with Crippen molar-refractivity contribution >= 4 is 24.3 Å². The van der Waals surface area contributed by atoms with E-state index in [1.807, 2.05) is 27.1 Å². The van der Waals surface area contributed by atoms with Gasteiger partial charge in [0.05, 0.1) is 19.2 Å². The summed E-state index contributed by atoms with van der Waals surface area (Å²) in [6.07, 6.45) is 3.72. The van der Waals surface area contributed by atoms with Crippen LogP contribution in [0.4, 0.5) is 0 Å². The molecule has 130 valence electrons. The lowest BCUT2D eigenvalue weighted by Gasteiger charge is -2.23. The van der Waals surface area contributed by atoms with Crippen molar-refractivity contribution in [1.82, 2.24) is 20.4 Å². The third-order valence-corrected chi connectivity index (χ3v) is 4.12. The van der Waals surface area contributed by atoms with Gasteiger partial charge in [0.1, 0.15) is 6.04 Å². The predicted molar refractivity (Wildman–Crippen MR) is 88.3 cm³/mol. The molecule has 1 unspecified atom stereocenters. The first-order chi connectivity index (χ1) is 10.4. The van der Waals surface area contributed by atoms with Gasteiger partial charge in [0.25, 0.3) is 0 Å². The summed E-state index contributed by atoms with van der Waals surface area (Å²) in [6, 6.07) is -0.618. The number of carbonyl (C=O) groups excluding carboxylic acids is 2. The Morgan fingerprint density at radius 3 is 2.65 bits per heavy atom. The van der Waals surface area contributed by atoms with Crippen LogP contribution in [0, 0.1) is 11.8 Å². The Kier molecular flexibility index (Phi) is 7.02. The maximum atomic E-state index is 12.6. The summed E-state index contributed by atoms with van der Waals surface area (Å²) in [5.74, 6) is -0.702. The SMILES string of the molecule is COC(=O)C(NC(=O)[C@H]1CNC[C@@H]1c1cnn(C)c1)C(C)C.Cl. The number of esters is 1. The van der Waals surface area contributed by atoms with Gasteiger partial charge in [-0.3, -0.25) is 9.48 Å². The van der Waals surface area contributed by atoms with Gasteiger partial charge in [0, 0.05) is 32.3 Å². The quantitative estimate of drug-likeness (QED) is 0.758. The van der Waals surface area contributed by atoms with Crippen LogP contribution in [0.1, 0.15) is 25.3 Å². The van der Waals surface area contributed by atoms with Crippen LogP contribution >= 0.6 is 12.4 Å². The van der Waals surface area contributed by atoms with Crippen molar-refractivity contribution in [3.63, 3.8) is 0 Å². The highest BCUT2D eigenvalue weighted by molar-refractivity contribution is 5.86. The fraction of sp³-hybridized carbons (Fsp3) is 0.667. The van der Waals surface area contributed by atoms with Gasteiger partial charge in [-0.25, -0.2) is 4.79 Å². The Morgan fingerprint density at radius 2 is 2.13 bits per heavy atom. The molecule has 1 aliphatic rings. The Bertz CT molecular complexity index is 547. The number of hydrogen-bond donors (Lipinski definition) is 2. The van der Waals surface area contributed by atoms with Gasteiger partial charge in [-0.1, -0.05) is 13.8 Å². The average molecular weight is 345 g/mol. The molecule has 1 aromatic rings. The number of nitrogens with one attached hydrogen (secondary N) is 2. The maximum Gasteiger partial charge on any atom is 0.328 e. The number of amides is 1. The van der Waals surface area contributed by atoms with Gasteiger partial charge in [0.2, 0.25) is 5.91 Å². The molecule has 23 heavy (non-hydrogen) atoms. The molecule has 0 spiro atoms. The average Bonchev–Trinajstić information content (AvgIpc) is 3.11. The molecule has 1 amide bonds. The number of ether oxygens (including phenoxy) is 1. The third kappa shape index (κ3) is 4.45. The molecule has 2 rings (SSSR count). The summed E-state index contributed by atoms with van der Waals surface area (Å²) in [7, 11) is 3.19. The Hall–Kier alpha value is -1.60. The van der Waals surface area contributed by atoms with E-state index in [0.717, 1.165) is 12.1 Å². The topological polar surface area (TPSA) is 85.2 Å². The van der Waals surface area contributed by atoms with E-state index in [-0.39, 0.29) is 36.1 Å². The molecule has 0 radical (unpaired) electrons. The van der Waals surface area contributed by atoms with Crippen LogP contribution in [0.5, 0.6) is 0 Å². The molecule has 0 aromatic carbocycles.